The molecule has 20 heavy (non-hydrogen) atoms. The van der Waals surface area contributed by atoms with Crippen LogP contribution in [0, 0.1) is 0 Å². The van der Waals surface area contributed by atoms with Crippen molar-refractivity contribution in [2.24, 2.45) is 0 Å². The predicted molar refractivity (Wildman–Crippen MR) is 76.0 cm³/mol. The molecule has 1 atom stereocenters. The van der Waals surface area contributed by atoms with Crippen molar-refractivity contribution in [1.29, 1.82) is 0 Å². The average molecular weight is 269 g/mol. The molecular formula is C16H15NO3. The summed E-state index contributed by atoms with van der Waals surface area (Å²) in [5, 5.41) is 0. The molecule has 4 nitrogen and oxygen atoms in total. The van der Waals surface area contributed by atoms with E-state index in [9.17, 15) is 4.79 Å². The van der Waals surface area contributed by atoms with Gasteiger partial charge in [0.15, 0.2) is 0 Å². The van der Waals surface area contributed by atoms with E-state index < -0.39 is 0 Å². The van der Waals surface area contributed by atoms with Crippen molar-refractivity contribution in [2.45, 2.75) is 6.04 Å². The normalized spacial score (nSPS) is 17.9. The minimum Gasteiger partial charge on any atom is -0.491 e. The fourth-order valence-corrected chi connectivity index (χ4v) is 2.20. The Morgan fingerprint density at radius 2 is 1.70 bits per heavy atom. The zero-order chi connectivity index (χ0) is 13.8. The molecule has 2 aromatic rings. The second kappa shape index (κ2) is 5.65. The van der Waals surface area contributed by atoms with Crippen molar-refractivity contribution in [3.63, 3.8) is 0 Å². The predicted octanol–water partition coefficient (Wildman–Crippen LogP) is 3.09. The first kappa shape index (κ1) is 12.5. The van der Waals surface area contributed by atoms with Gasteiger partial charge in [-0.2, -0.15) is 0 Å². The zero-order valence-corrected chi connectivity index (χ0v) is 10.9. The number of cyclic esters (lactones) is 1. The number of nitrogens with zero attached hydrogens (tertiary/aromatic N) is 1. The van der Waals surface area contributed by atoms with Gasteiger partial charge in [-0.1, -0.05) is 36.4 Å². The Morgan fingerprint density at radius 3 is 2.40 bits per heavy atom. The topological polar surface area (TPSA) is 38.8 Å². The molecule has 1 aliphatic heterocycles. The highest BCUT2D eigenvalue weighted by molar-refractivity contribution is 5.90. The number of carbonyl (C=O) groups excluding carboxylic acids is 1. The number of rotatable bonds is 4. The van der Waals surface area contributed by atoms with E-state index in [2.05, 4.69) is 0 Å². The molecule has 3 rings (SSSR count). The number of ether oxygens (including phenoxy) is 2. The lowest BCUT2D eigenvalue weighted by atomic mass is 10.2. The molecule has 2 aromatic carbocycles. The maximum atomic E-state index is 11.8. The van der Waals surface area contributed by atoms with Crippen LogP contribution in [0.1, 0.15) is 0 Å². The van der Waals surface area contributed by atoms with Gasteiger partial charge in [-0.25, -0.2) is 4.79 Å². The van der Waals surface area contributed by atoms with E-state index in [1.54, 1.807) is 4.90 Å². The monoisotopic (exact) mass is 269 g/mol. The van der Waals surface area contributed by atoms with E-state index >= 15 is 0 Å². The first-order valence-electron chi connectivity index (χ1n) is 6.53. The van der Waals surface area contributed by atoms with Gasteiger partial charge < -0.3 is 9.47 Å². The van der Waals surface area contributed by atoms with Crippen LogP contribution in [-0.2, 0) is 4.74 Å². The average Bonchev–Trinajstić information content (AvgIpc) is 2.88. The molecular weight excluding hydrogens is 254 g/mol. The summed E-state index contributed by atoms with van der Waals surface area (Å²) < 4.78 is 10.8. The summed E-state index contributed by atoms with van der Waals surface area (Å²) in [6.45, 7) is 0.755. The molecule has 1 unspecified atom stereocenters. The van der Waals surface area contributed by atoms with Crippen molar-refractivity contribution < 1.29 is 14.3 Å². The van der Waals surface area contributed by atoms with Gasteiger partial charge in [-0.15, -0.1) is 0 Å². The molecule has 1 heterocycles. The van der Waals surface area contributed by atoms with E-state index in [1.807, 2.05) is 60.7 Å². The Hall–Kier alpha value is -2.49. The van der Waals surface area contributed by atoms with Gasteiger partial charge in [0.05, 0.1) is 0 Å². The summed E-state index contributed by atoms with van der Waals surface area (Å²) in [5.41, 5.74) is 0.830. The van der Waals surface area contributed by atoms with Gasteiger partial charge in [0.25, 0.3) is 0 Å². The minimum atomic E-state index is -0.321. The lowest BCUT2D eigenvalue weighted by Gasteiger charge is -2.21. The fraction of sp³-hybridized carbons (Fsp3) is 0.188. The molecule has 0 aromatic heterocycles. The lowest BCUT2D eigenvalue weighted by molar-refractivity contribution is 0.175. The maximum Gasteiger partial charge on any atom is 0.414 e. The number of hydrogen-bond donors (Lipinski definition) is 0. The van der Waals surface area contributed by atoms with Crippen molar-refractivity contribution in [3.8, 4) is 5.75 Å². The standard InChI is InChI=1S/C16H15NO3/c18-16-17(13-7-3-1-4-8-13)14(12-20-16)11-19-15-9-5-2-6-10-15/h1-10,14H,11-12H2. The molecule has 102 valence electrons. The summed E-state index contributed by atoms with van der Waals surface area (Å²) >= 11 is 0. The second-order valence-corrected chi connectivity index (χ2v) is 4.56. The first-order chi connectivity index (χ1) is 9.84. The molecule has 1 fully saturated rings. The number of para-hydroxylation sites is 2. The van der Waals surface area contributed by atoms with Gasteiger partial charge in [-0.3, -0.25) is 4.90 Å². The van der Waals surface area contributed by atoms with Crippen LogP contribution < -0.4 is 9.64 Å². The van der Waals surface area contributed by atoms with Crippen LogP contribution in [0.15, 0.2) is 60.7 Å². The van der Waals surface area contributed by atoms with Crippen LogP contribution in [0.4, 0.5) is 10.5 Å². The van der Waals surface area contributed by atoms with E-state index in [0.717, 1.165) is 11.4 Å². The van der Waals surface area contributed by atoms with Gasteiger partial charge in [0.1, 0.15) is 25.0 Å². The molecule has 1 saturated heterocycles. The summed E-state index contributed by atoms with van der Waals surface area (Å²) in [7, 11) is 0. The van der Waals surface area contributed by atoms with Crippen LogP contribution in [-0.4, -0.2) is 25.3 Å². The Labute approximate surface area is 117 Å². The molecule has 0 saturated carbocycles. The van der Waals surface area contributed by atoms with Gasteiger partial charge in [0, 0.05) is 5.69 Å². The van der Waals surface area contributed by atoms with Crippen molar-refractivity contribution in [2.75, 3.05) is 18.1 Å². The number of anilines is 1. The summed E-state index contributed by atoms with van der Waals surface area (Å²) in [6.07, 6.45) is -0.321. The zero-order valence-electron chi connectivity index (χ0n) is 10.9. The number of hydrogen-bond acceptors (Lipinski definition) is 3. The van der Waals surface area contributed by atoms with E-state index in [0.29, 0.717) is 13.2 Å². The Kier molecular flexibility index (Phi) is 3.54. The lowest BCUT2D eigenvalue weighted by Crippen LogP contribution is -2.37. The first-order valence-corrected chi connectivity index (χ1v) is 6.53. The Bertz CT molecular complexity index is 571. The molecule has 0 aliphatic carbocycles. The highest BCUT2D eigenvalue weighted by Gasteiger charge is 2.34. The van der Waals surface area contributed by atoms with Crippen molar-refractivity contribution in [3.05, 3.63) is 60.7 Å². The molecule has 0 radical (unpaired) electrons. The Balaban J connectivity index is 1.71. The molecule has 0 N–H and O–H groups in total. The van der Waals surface area contributed by atoms with Crippen molar-refractivity contribution in [1.82, 2.24) is 0 Å². The second-order valence-electron chi connectivity index (χ2n) is 4.56. The number of benzene rings is 2. The third-order valence-corrected chi connectivity index (χ3v) is 3.18. The highest BCUT2D eigenvalue weighted by atomic mass is 16.6. The van der Waals surface area contributed by atoms with Crippen molar-refractivity contribution >= 4 is 11.8 Å². The minimum absolute atomic E-state index is 0.106. The maximum absolute atomic E-state index is 11.8. The van der Waals surface area contributed by atoms with E-state index in [-0.39, 0.29) is 12.1 Å². The third kappa shape index (κ3) is 2.59. The molecule has 1 amide bonds. The molecule has 4 heteroatoms. The molecule has 1 aliphatic rings. The van der Waals surface area contributed by atoms with Crippen LogP contribution in [0.2, 0.25) is 0 Å². The van der Waals surface area contributed by atoms with Crippen LogP contribution in [0.25, 0.3) is 0 Å². The third-order valence-electron chi connectivity index (χ3n) is 3.18. The quantitative estimate of drug-likeness (QED) is 0.856. The largest absolute Gasteiger partial charge is 0.491 e. The van der Waals surface area contributed by atoms with Gasteiger partial charge in [-0.05, 0) is 24.3 Å². The number of amides is 1. The summed E-state index contributed by atoms with van der Waals surface area (Å²) in [4.78, 5) is 13.5. The van der Waals surface area contributed by atoms with Crippen LogP contribution in [0.5, 0.6) is 5.75 Å². The smallest absolute Gasteiger partial charge is 0.414 e. The molecule has 0 spiro atoms. The fourth-order valence-electron chi connectivity index (χ4n) is 2.20. The summed E-state index contributed by atoms with van der Waals surface area (Å²) in [5.74, 6) is 0.792. The SMILES string of the molecule is O=C1OCC(COc2ccccc2)N1c1ccccc1. The van der Waals surface area contributed by atoms with E-state index in [1.165, 1.54) is 0 Å². The van der Waals surface area contributed by atoms with Crippen LogP contribution in [0.3, 0.4) is 0 Å². The Morgan fingerprint density at radius 1 is 1.05 bits per heavy atom. The highest BCUT2D eigenvalue weighted by Crippen LogP contribution is 2.23. The summed E-state index contributed by atoms with van der Waals surface area (Å²) in [6, 6.07) is 18.9. The molecule has 0 bridgehead atoms. The van der Waals surface area contributed by atoms with Crippen LogP contribution >= 0.6 is 0 Å². The number of carbonyl (C=O) groups is 1. The van der Waals surface area contributed by atoms with Gasteiger partial charge in [0.2, 0.25) is 0 Å². The van der Waals surface area contributed by atoms with E-state index in [4.69, 9.17) is 9.47 Å². The van der Waals surface area contributed by atoms with Gasteiger partial charge >= 0.3 is 6.09 Å².